The summed E-state index contributed by atoms with van der Waals surface area (Å²) in [7, 11) is 0. The van der Waals surface area contributed by atoms with Crippen LogP contribution in [0.25, 0.3) is 22.3 Å². The molecule has 0 radical (unpaired) electrons. The highest BCUT2D eigenvalue weighted by Gasteiger charge is 2.29. The van der Waals surface area contributed by atoms with Gasteiger partial charge in [0.1, 0.15) is 11.6 Å². The molecule has 2 aromatic carbocycles. The predicted molar refractivity (Wildman–Crippen MR) is 130 cm³/mol. The number of hydrogen-bond donors (Lipinski definition) is 2. The number of piperazine rings is 1. The Hall–Kier alpha value is -3.19. The van der Waals surface area contributed by atoms with Crippen molar-refractivity contribution in [2.75, 3.05) is 31.1 Å². The van der Waals surface area contributed by atoms with Crippen molar-refractivity contribution in [3.05, 3.63) is 48.0 Å². The Morgan fingerprint density at radius 2 is 1.76 bits per heavy atom. The van der Waals surface area contributed by atoms with Gasteiger partial charge in [0.2, 0.25) is 5.91 Å². The van der Waals surface area contributed by atoms with Crippen LogP contribution in [-0.2, 0) is 4.79 Å². The molecule has 7 nitrogen and oxygen atoms in total. The minimum Gasteiger partial charge on any atom is -0.507 e. The molecule has 3 aromatic rings. The standard InChI is InChI=1S/C26H32N4O3/c1-17-9-10-18-20(15-17)27-24(19-7-5-6-8-21(19)31)28-25(18)30-13-11-29(12-14-30)23(33)16-22(32)26(2,3)4/h5-10,15,22,31-32H,11-14,16H2,1-4H3. The molecule has 1 aliphatic heterocycles. The fraction of sp³-hybridized carbons (Fsp3) is 0.423. The number of aliphatic hydroxyl groups excluding tert-OH is 1. The zero-order valence-electron chi connectivity index (χ0n) is 19.7. The van der Waals surface area contributed by atoms with Gasteiger partial charge in [-0.05, 0) is 42.2 Å². The van der Waals surface area contributed by atoms with Crippen LogP contribution >= 0.6 is 0 Å². The van der Waals surface area contributed by atoms with Crippen LogP contribution in [0.15, 0.2) is 42.5 Å². The van der Waals surface area contributed by atoms with Gasteiger partial charge in [-0.2, -0.15) is 0 Å². The van der Waals surface area contributed by atoms with Crippen molar-refractivity contribution in [3.8, 4) is 17.1 Å². The number of aryl methyl sites for hydroxylation is 1. The summed E-state index contributed by atoms with van der Waals surface area (Å²) in [5.74, 6) is 1.41. The van der Waals surface area contributed by atoms with E-state index < -0.39 is 6.10 Å². The second kappa shape index (κ2) is 8.98. The maximum atomic E-state index is 12.7. The average molecular weight is 449 g/mol. The lowest BCUT2D eigenvalue weighted by atomic mass is 9.87. The number of amides is 1. The molecule has 2 N–H and O–H groups in total. The third kappa shape index (κ3) is 4.93. The molecule has 1 saturated heterocycles. The third-order valence-corrected chi connectivity index (χ3v) is 6.28. The van der Waals surface area contributed by atoms with Gasteiger partial charge in [-0.3, -0.25) is 4.79 Å². The first-order valence-corrected chi connectivity index (χ1v) is 11.4. The number of carbonyl (C=O) groups excluding carboxylic acids is 1. The van der Waals surface area contributed by atoms with E-state index in [9.17, 15) is 15.0 Å². The maximum Gasteiger partial charge on any atom is 0.225 e. The summed E-state index contributed by atoms with van der Waals surface area (Å²) in [6.07, 6.45) is -0.533. The number of aromatic nitrogens is 2. The quantitative estimate of drug-likeness (QED) is 0.632. The fourth-order valence-electron chi connectivity index (χ4n) is 4.02. The van der Waals surface area contributed by atoms with E-state index in [0.717, 1.165) is 22.3 Å². The minimum atomic E-state index is -0.668. The first-order valence-electron chi connectivity index (χ1n) is 11.4. The first-order chi connectivity index (χ1) is 15.6. The Kier molecular flexibility index (Phi) is 6.26. The van der Waals surface area contributed by atoms with Gasteiger partial charge in [0.25, 0.3) is 0 Å². The Balaban J connectivity index is 1.60. The third-order valence-electron chi connectivity index (χ3n) is 6.28. The predicted octanol–water partition coefficient (Wildman–Crippen LogP) is 3.76. The smallest absolute Gasteiger partial charge is 0.225 e. The van der Waals surface area contributed by atoms with Crippen LogP contribution < -0.4 is 4.90 Å². The molecule has 1 unspecified atom stereocenters. The van der Waals surface area contributed by atoms with E-state index >= 15 is 0 Å². The van der Waals surface area contributed by atoms with Gasteiger partial charge < -0.3 is 20.0 Å². The lowest BCUT2D eigenvalue weighted by Gasteiger charge is -2.37. The van der Waals surface area contributed by atoms with Crippen molar-refractivity contribution in [2.45, 2.75) is 40.2 Å². The number of hydrogen-bond acceptors (Lipinski definition) is 6. The number of fused-ring (bicyclic) bond motifs is 1. The van der Waals surface area contributed by atoms with Crippen molar-refractivity contribution in [3.63, 3.8) is 0 Å². The Morgan fingerprint density at radius 1 is 1.06 bits per heavy atom. The monoisotopic (exact) mass is 448 g/mol. The van der Waals surface area contributed by atoms with E-state index in [2.05, 4.69) is 4.90 Å². The zero-order valence-corrected chi connectivity index (χ0v) is 19.7. The van der Waals surface area contributed by atoms with Crippen LogP contribution in [0.1, 0.15) is 32.8 Å². The molecule has 0 saturated carbocycles. The number of carbonyl (C=O) groups is 1. The number of benzene rings is 2. The van der Waals surface area contributed by atoms with Crippen molar-refractivity contribution in [1.82, 2.24) is 14.9 Å². The SMILES string of the molecule is Cc1ccc2c(N3CCN(C(=O)CC(O)C(C)(C)C)CC3)nc(-c3ccccc3O)nc2c1. The van der Waals surface area contributed by atoms with Crippen LogP contribution in [0.4, 0.5) is 5.82 Å². The Morgan fingerprint density at radius 3 is 2.42 bits per heavy atom. The van der Waals surface area contributed by atoms with E-state index in [1.807, 2.05) is 62.9 Å². The van der Waals surface area contributed by atoms with Crippen LogP contribution in [-0.4, -0.2) is 63.3 Å². The Bertz CT molecular complexity index is 1160. The van der Waals surface area contributed by atoms with Crippen LogP contribution in [0.3, 0.4) is 0 Å². The van der Waals surface area contributed by atoms with E-state index in [4.69, 9.17) is 9.97 Å². The minimum absolute atomic E-state index is 0.0184. The van der Waals surface area contributed by atoms with E-state index in [0.29, 0.717) is 37.6 Å². The molecule has 1 aromatic heterocycles. The second-order valence-corrected chi connectivity index (χ2v) is 9.86. The van der Waals surface area contributed by atoms with E-state index in [1.54, 1.807) is 12.1 Å². The first kappa shape index (κ1) is 23.0. The summed E-state index contributed by atoms with van der Waals surface area (Å²) < 4.78 is 0. The van der Waals surface area contributed by atoms with Crippen LogP contribution in [0.2, 0.25) is 0 Å². The molecule has 174 valence electrons. The van der Waals surface area contributed by atoms with Crippen molar-refractivity contribution in [2.24, 2.45) is 5.41 Å². The lowest BCUT2D eigenvalue weighted by Crippen LogP contribution is -2.50. The van der Waals surface area contributed by atoms with Crippen LogP contribution in [0, 0.1) is 12.3 Å². The van der Waals surface area contributed by atoms with Crippen molar-refractivity contribution < 1.29 is 15.0 Å². The molecule has 4 rings (SSSR count). The van der Waals surface area contributed by atoms with Gasteiger partial charge in [0.15, 0.2) is 5.82 Å². The number of para-hydroxylation sites is 1. The van der Waals surface area contributed by atoms with Gasteiger partial charge in [0.05, 0.1) is 23.6 Å². The molecular weight excluding hydrogens is 416 g/mol. The topological polar surface area (TPSA) is 89.8 Å². The van der Waals surface area contributed by atoms with Crippen molar-refractivity contribution in [1.29, 1.82) is 0 Å². The average Bonchev–Trinajstić information content (AvgIpc) is 2.78. The van der Waals surface area contributed by atoms with Gasteiger partial charge in [-0.1, -0.05) is 39.0 Å². The summed E-state index contributed by atoms with van der Waals surface area (Å²) in [5, 5.41) is 21.6. The highest BCUT2D eigenvalue weighted by molar-refractivity contribution is 5.92. The van der Waals surface area contributed by atoms with Gasteiger partial charge in [-0.15, -0.1) is 0 Å². The van der Waals surface area contributed by atoms with Crippen LogP contribution in [0.5, 0.6) is 5.75 Å². The highest BCUT2D eigenvalue weighted by atomic mass is 16.3. The largest absolute Gasteiger partial charge is 0.507 e. The number of aromatic hydroxyl groups is 1. The summed E-state index contributed by atoms with van der Waals surface area (Å²) in [4.78, 5) is 26.3. The maximum absolute atomic E-state index is 12.7. The molecule has 2 heterocycles. The van der Waals surface area contributed by atoms with E-state index in [-0.39, 0.29) is 23.5 Å². The number of nitrogens with zero attached hydrogens (tertiary/aromatic N) is 4. The number of phenols is 1. The highest BCUT2D eigenvalue weighted by Crippen LogP contribution is 2.32. The number of aliphatic hydroxyl groups is 1. The zero-order chi connectivity index (χ0) is 23.8. The summed E-state index contributed by atoms with van der Waals surface area (Å²) >= 11 is 0. The van der Waals surface area contributed by atoms with Gasteiger partial charge in [0, 0.05) is 31.6 Å². The molecule has 1 fully saturated rings. The Labute approximate surface area is 194 Å². The fourth-order valence-corrected chi connectivity index (χ4v) is 4.02. The van der Waals surface area contributed by atoms with E-state index in [1.165, 1.54) is 0 Å². The summed E-state index contributed by atoms with van der Waals surface area (Å²) in [5.41, 5.74) is 2.19. The molecule has 7 heteroatoms. The summed E-state index contributed by atoms with van der Waals surface area (Å²) in [6.45, 7) is 10.2. The lowest BCUT2D eigenvalue weighted by molar-refractivity contribution is -0.135. The molecule has 1 atom stereocenters. The summed E-state index contributed by atoms with van der Waals surface area (Å²) in [6, 6.07) is 13.2. The number of anilines is 1. The second-order valence-electron chi connectivity index (χ2n) is 9.86. The number of rotatable bonds is 4. The molecule has 33 heavy (non-hydrogen) atoms. The van der Waals surface area contributed by atoms with Gasteiger partial charge >= 0.3 is 0 Å². The molecule has 0 spiro atoms. The number of phenolic OH excluding ortho intramolecular Hbond substituents is 1. The molecule has 1 amide bonds. The molecule has 0 bridgehead atoms. The molecule has 0 aliphatic carbocycles. The van der Waals surface area contributed by atoms with Gasteiger partial charge in [-0.25, -0.2) is 9.97 Å². The normalized spacial score (nSPS) is 15.7. The molecular formula is C26H32N4O3. The van der Waals surface area contributed by atoms with Crippen molar-refractivity contribution >= 4 is 22.6 Å². The molecule has 1 aliphatic rings.